The molecule has 1 aliphatic rings. The zero-order chi connectivity index (χ0) is 9.97. The fourth-order valence-electron chi connectivity index (χ4n) is 1.31. The van der Waals surface area contributed by atoms with E-state index >= 15 is 0 Å². The van der Waals surface area contributed by atoms with Crippen molar-refractivity contribution in [3.63, 3.8) is 0 Å². The molecule has 0 aromatic carbocycles. The van der Waals surface area contributed by atoms with Gasteiger partial charge >= 0.3 is 0 Å². The van der Waals surface area contributed by atoms with Crippen LogP contribution in [0.25, 0.3) is 0 Å². The Morgan fingerprint density at radius 3 is 3.07 bits per heavy atom. The molecule has 1 unspecified atom stereocenters. The molecule has 1 atom stereocenters. The highest BCUT2D eigenvalue weighted by Gasteiger charge is 2.13. The fourth-order valence-corrected chi connectivity index (χ4v) is 2.20. The first-order valence-corrected chi connectivity index (χ1v) is 5.71. The molecule has 3 nitrogen and oxygen atoms in total. The lowest BCUT2D eigenvalue weighted by atomic mass is 10.4. The molecule has 2 rings (SSSR count). The van der Waals surface area contributed by atoms with E-state index in [2.05, 4.69) is 17.2 Å². The van der Waals surface area contributed by atoms with E-state index in [9.17, 15) is 0 Å². The minimum atomic E-state index is 0.482. The lowest BCUT2D eigenvalue weighted by Crippen LogP contribution is -2.25. The Labute approximate surface area is 88.0 Å². The molecule has 0 fully saturated rings. The maximum atomic E-state index is 5.47. The first-order valence-electron chi connectivity index (χ1n) is 4.73. The number of rotatable bonds is 2. The van der Waals surface area contributed by atoms with Crippen LogP contribution in [-0.4, -0.2) is 17.8 Å². The molecule has 1 aliphatic heterocycles. The third-order valence-electron chi connectivity index (χ3n) is 2.03. The Bertz CT molecular complexity index is 346. The number of aliphatic imine (C=N–C) groups is 1. The number of hydrogen-bond acceptors (Lipinski definition) is 4. The van der Waals surface area contributed by atoms with Crippen LogP contribution >= 0.6 is 11.8 Å². The van der Waals surface area contributed by atoms with Crippen LogP contribution < -0.4 is 5.32 Å². The van der Waals surface area contributed by atoms with Crippen LogP contribution in [0.3, 0.4) is 0 Å². The summed E-state index contributed by atoms with van der Waals surface area (Å²) in [7, 11) is 0. The second-order valence-electron chi connectivity index (χ2n) is 3.49. The molecule has 0 saturated heterocycles. The standard InChI is InChI=1S/C10H14N2OS/c1-7-5-11-10(12-7)14-6-9-4-3-8(2)13-9/h3-4,7H,5-6H2,1-2H3,(H,11,12). The van der Waals surface area contributed by atoms with Crippen LogP contribution in [0.4, 0.5) is 0 Å². The molecular formula is C10H14N2OS. The zero-order valence-electron chi connectivity index (χ0n) is 8.41. The Kier molecular flexibility index (Phi) is 2.82. The summed E-state index contributed by atoms with van der Waals surface area (Å²) in [6, 6.07) is 4.49. The van der Waals surface area contributed by atoms with Gasteiger partial charge in [0.05, 0.1) is 12.3 Å². The smallest absolute Gasteiger partial charge is 0.157 e. The molecule has 1 aromatic rings. The van der Waals surface area contributed by atoms with Gasteiger partial charge in [-0.25, -0.2) is 0 Å². The van der Waals surface area contributed by atoms with E-state index in [0.29, 0.717) is 6.04 Å². The van der Waals surface area contributed by atoms with Crippen molar-refractivity contribution < 1.29 is 4.42 Å². The van der Waals surface area contributed by atoms with Gasteiger partial charge in [-0.3, -0.25) is 4.99 Å². The first kappa shape index (κ1) is 9.65. The molecule has 14 heavy (non-hydrogen) atoms. The Hall–Kier alpha value is -0.900. The molecule has 4 heteroatoms. The maximum absolute atomic E-state index is 5.47. The summed E-state index contributed by atoms with van der Waals surface area (Å²) in [5.74, 6) is 2.83. The van der Waals surface area contributed by atoms with Gasteiger partial charge in [0.25, 0.3) is 0 Å². The summed E-state index contributed by atoms with van der Waals surface area (Å²) in [5, 5.41) is 4.34. The van der Waals surface area contributed by atoms with Crippen molar-refractivity contribution in [1.29, 1.82) is 0 Å². The van der Waals surface area contributed by atoms with E-state index in [4.69, 9.17) is 4.42 Å². The molecule has 76 valence electrons. The number of thioether (sulfide) groups is 1. The second kappa shape index (κ2) is 4.09. The van der Waals surface area contributed by atoms with Crippen LogP contribution in [0.2, 0.25) is 0 Å². The first-order chi connectivity index (χ1) is 6.74. The molecule has 0 amide bonds. The van der Waals surface area contributed by atoms with Crippen molar-refractivity contribution >= 4 is 16.9 Å². The number of hydrogen-bond donors (Lipinski definition) is 1. The normalized spacial score (nSPS) is 20.7. The molecule has 0 radical (unpaired) electrons. The van der Waals surface area contributed by atoms with Gasteiger partial charge in [-0.2, -0.15) is 0 Å². The lowest BCUT2D eigenvalue weighted by Gasteiger charge is -2.03. The molecule has 0 aliphatic carbocycles. The third-order valence-corrected chi connectivity index (χ3v) is 2.98. The highest BCUT2D eigenvalue weighted by Crippen LogP contribution is 2.17. The largest absolute Gasteiger partial charge is 0.465 e. The van der Waals surface area contributed by atoms with E-state index in [1.54, 1.807) is 11.8 Å². The summed E-state index contributed by atoms with van der Waals surface area (Å²) < 4.78 is 5.47. The topological polar surface area (TPSA) is 37.5 Å². The number of furan rings is 1. The van der Waals surface area contributed by atoms with Crippen LogP contribution in [0, 0.1) is 6.92 Å². The van der Waals surface area contributed by atoms with E-state index in [1.165, 1.54) is 0 Å². The van der Waals surface area contributed by atoms with E-state index in [0.717, 1.165) is 29.0 Å². The third kappa shape index (κ3) is 2.32. The highest BCUT2D eigenvalue weighted by atomic mass is 32.2. The van der Waals surface area contributed by atoms with E-state index < -0.39 is 0 Å². The summed E-state index contributed by atoms with van der Waals surface area (Å²) in [4.78, 5) is 4.37. The minimum Gasteiger partial charge on any atom is -0.465 e. The Morgan fingerprint density at radius 1 is 1.64 bits per heavy atom. The van der Waals surface area contributed by atoms with Crippen molar-refractivity contribution in [2.45, 2.75) is 25.6 Å². The minimum absolute atomic E-state index is 0.482. The fraction of sp³-hybridized carbons (Fsp3) is 0.500. The van der Waals surface area contributed by atoms with Crippen molar-refractivity contribution in [2.75, 3.05) is 6.54 Å². The number of aryl methyl sites for hydroxylation is 1. The van der Waals surface area contributed by atoms with Crippen LogP contribution in [0.1, 0.15) is 18.4 Å². The molecule has 0 bridgehead atoms. The predicted molar refractivity (Wildman–Crippen MR) is 59.6 cm³/mol. The van der Waals surface area contributed by atoms with Crippen molar-refractivity contribution in [3.05, 3.63) is 23.7 Å². The summed E-state index contributed by atoms with van der Waals surface area (Å²) in [6.07, 6.45) is 0. The number of amidine groups is 1. The average Bonchev–Trinajstić information content (AvgIpc) is 2.72. The number of nitrogens with zero attached hydrogens (tertiary/aromatic N) is 1. The van der Waals surface area contributed by atoms with Gasteiger partial charge in [0.2, 0.25) is 0 Å². The van der Waals surface area contributed by atoms with Crippen molar-refractivity contribution in [2.24, 2.45) is 4.99 Å². The Balaban J connectivity index is 1.83. The SMILES string of the molecule is Cc1ccc(CSC2=NCC(C)N2)o1. The monoisotopic (exact) mass is 210 g/mol. The predicted octanol–water partition coefficient (Wildman–Crippen LogP) is 2.17. The molecule has 1 aromatic heterocycles. The van der Waals surface area contributed by atoms with Crippen molar-refractivity contribution in [1.82, 2.24) is 5.32 Å². The quantitative estimate of drug-likeness (QED) is 0.813. The second-order valence-corrected chi connectivity index (χ2v) is 4.46. The zero-order valence-corrected chi connectivity index (χ0v) is 9.23. The lowest BCUT2D eigenvalue weighted by molar-refractivity contribution is 0.501. The van der Waals surface area contributed by atoms with Gasteiger partial charge in [0.1, 0.15) is 11.5 Å². The molecule has 0 spiro atoms. The van der Waals surface area contributed by atoms with E-state index in [-0.39, 0.29) is 0 Å². The molecule has 2 heterocycles. The highest BCUT2D eigenvalue weighted by molar-refractivity contribution is 8.13. The summed E-state index contributed by atoms with van der Waals surface area (Å²) >= 11 is 1.70. The molecular weight excluding hydrogens is 196 g/mol. The van der Waals surface area contributed by atoms with Gasteiger partial charge in [0, 0.05) is 6.04 Å². The number of nitrogens with one attached hydrogen (secondary N) is 1. The van der Waals surface area contributed by atoms with Gasteiger partial charge in [-0.15, -0.1) is 0 Å². The van der Waals surface area contributed by atoms with Gasteiger partial charge in [-0.05, 0) is 26.0 Å². The molecule has 0 saturated carbocycles. The Morgan fingerprint density at radius 2 is 2.50 bits per heavy atom. The van der Waals surface area contributed by atoms with Crippen LogP contribution in [0.5, 0.6) is 0 Å². The van der Waals surface area contributed by atoms with Crippen LogP contribution in [-0.2, 0) is 5.75 Å². The summed E-state index contributed by atoms with van der Waals surface area (Å²) in [5.41, 5.74) is 0. The average molecular weight is 210 g/mol. The van der Waals surface area contributed by atoms with Gasteiger partial charge in [0.15, 0.2) is 5.17 Å². The van der Waals surface area contributed by atoms with Gasteiger partial charge in [-0.1, -0.05) is 11.8 Å². The van der Waals surface area contributed by atoms with Crippen LogP contribution in [0.15, 0.2) is 21.5 Å². The van der Waals surface area contributed by atoms with Gasteiger partial charge < -0.3 is 9.73 Å². The summed E-state index contributed by atoms with van der Waals surface area (Å²) in [6.45, 7) is 4.98. The molecule has 1 N–H and O–H groups in total. The van der Waals surface area contributed by atoms with E-state index in [1.807, 2.05) is 19.1 Å². The van der Waals surface area contributed by atoms with Crippen molar-refractivity contribution in [3.8, 4) is 0 Å². The maximum Gasteiger partial charge on any atom is 0.157 e.